The molecule has 1 aromatic rings. The number of carbonyl (C=O) groups excluding carboxylic acids is 1. The third-order valence-electron chi connectivity index (χ3n) is 3.91. The Kier molecular flexibility index (Phi) is 5.11. The fourth-order valence-electron chi connectivity index (χ4n) is 2.85. The largest absolute Gasteiger partial charge is 0.388 e. The normalized spacial score (nSPS) is 20.2. The summed E-state index contributed by atoms with van der Waals surface area (Å²) in [6, 6.07) is 5.24. The van der Waals surface area contributed by atoms with Gasteiger partial charge in [0, 0.05) is 12.6 Å². The van der Waals surface area contributed by atoms with E-state index in [-0.39, 0.29) is 12.5 Å². The molecule has 1 saturated heterocycles. The van der Waals surface area contributed by atoms with Crippen LogP contribution in [0.2, 0.25) is 0 Å². The van der Waals surface area contributed by atoms with Gasteiger partial charge in [0.2, 0.25) is 5.91 Å². The van der Waals surface area contributed by atoms with Crippen LogP contribution < -0.4 is 0 Å². The maximum absolute atomic E-state index is 13.0. The Morgan fingerprint density at radius 1 is 1.41 bits per heavy atom. The van der Waals surface area contributed by atoms with E-state index in [0.717, 1.165) is 13.3 Å². The minimum atomic E-state index is -3.03. The Labute approximate surface area is 127 Å². The quantitative estimate of drug-likeness (QED) is 0.906. The first-order valence-corrected chi connectivity index (χ1v) is 7.37. The lowest BCUT2D eigenvalue weighted by Crippen LogP contribution is -2.38. The maximum Gasteiger partial charge on any atom is 0.254 e. The number of likely N-dealkylation sites (tertiary alicyclic amines) is 1. The van der Waals surface area contributed by atoms with Gasteiger partial charge in [0.15, 0.2) is 0 Å². The van der Waals surface area contributed by atoms with Crippen LogP contribution in [-0.4, -0.2) is 34.4 Å². The highest BCUT2D eigenvalue weighted by Gasteiger charge is 2.35. The van der Waals surface area contributed by atoms with Gasteiger partial charge in [-0.1, -0.05) is 12.1 Å². The summed E-state index contributed by atoms with van der Waals surface area (Å²) in [5.74, 6) is -4.00. The smallest absolute Gasteiger partial charge is 0.254 e. The third-order valence-corrected chi connectivity index (χ3v) is 3.91. The highest BCUT2D eigenvalue weighted by atomic mass is 19.3. The number of benzene rings is 1. The van der Waals surface area contributed by atoms with Crippen molar-refractivity contribution in [3.63, 3.8) is 0 Å². The molecule has 1 fully saturated rings. The zero-order valence-electron chi connectivity index (χ0n) is 12.4. The van der Waals surface area contributed by atoms with E-state index in [9.17, 15) is 23.1 Å². The Balaban J connectivity index is 1.98. The number of amides is 1. The van der Waals surface area contributed by atoms with E-state index in [4.69, 9.17) is 0 Å². The zero-order valence-corrected chi connectivity index (χ0v) is 12.4. The molecule has 0 radical (unpaired) electrons. The molecule has 6 heteroatoms. The second-order valence-electron chi connectivity index (χ2n) is 5.93. The summed E-state index contributed by atoms with van der Waals surface area (Å²) < 4.78 is 38.8. The Hall–Kier alpha value is -1.56. The average Bonchev–Trinajstić information content (AvgIpc) is 2.85. The van der Waals surface area contributed by atoms with E-state index in [0.29, 0.717) is 18.5 Å². The number of alkyl halides is 2. The first kappa shape index (κ1) is 16.8. The van der Waals surface area contributed by atoms with Crippen LogP contribution in [0.5, 0.6) is 0 Å². The monoisotopic (exact) mass is 315 g/mol. The first-order chi connectivity index (χ1) is 10.3. The maximum atomic E-state index is 13.0. The van der Waals surface area contributed by atoms with Crippen molar-refractivity contribution in [3.05, 3.63) is 35.6 Å². The zero-order chi connectivity index (χ0) is 16.3. The summed E-state index contributed by atoms with van der Waals surface area (Å²) >= 11 is 0. The fraction of sp³-hybridized carbons (Fsp3) is 0.562. The predicted molar refractivity (Wildman–Crippen MR) is 75.9 cm³/mol. The van der Waals surface area contributed by atoms with Gasteiger partial charge in [0.25, 0.3) is 5.92 Å². The van der Waals surface area contributed by atoms with Gasteiger partial charge >= 0.3 is 0 Å². The molecule has 1 aromatic carbocycles. The molecule has 0 aromatic heterocycles. The molecule has 0 unspecified atom stereocenters. The summed E-state index contributed by atoms with van der Waals surface area (Å²) in [7, 11) is 0. The Morgan fingerprint density at radius 2 is 2.05 bits per heavy atom. The van der Waals surface area contributed by atoms with Crippen molar-refractivity contribution in [3.8, 4) is 0 Å². The molecule has 2 rings (SSSR count). The van der Waals surface area contributed by atoms with Crippen LogP contribution in [0.4, 0.5) is 13.2 Å². The van der Waals surface area contributed by atoms with E-state index in [1.54, 1.807) is 0 Å². The number of rotatable bonds is 5. The van der Waals surface area contributed by atoms with E-state index < -0.39 is 30.2 Å². The van der Waals surface area contributed by atoms with Crippen molar-refractivity contribution in [1.82, 2.24) is 4.90 Å². The van der Waals surface area contributed by atoms with Crippen LogP contribution in [0, 0.1) is 5.82 Å². The Bertz CT molecular complexity index is 513. The number of hydrogen-bond donors (Lipinski definition) is 1. The number of carbonyl (C=O) groups is 1. The summed E-state index contributed by atoms with van der Waals surface area (Å²) in [5.41, 5.74) is 0.557. The van der Waals surface area contributed by atoms with E-state index in [1.807, 2.05) is 0 Å². The molecule has 0 bridgehead atoms. The number of aliphatic hydroxyl groups is 1. The van der Waals surface area contributed by atoms with Crippen molar-refractivity contribution >= 4 is 5.91 Å². The number of aliphatic hydroxyl groups excluding tert-OH is 1. The minimum Gasteiger partial charge on any atom is -0.388 e. The van der Waals surface area contributed by atoms with Crippen LogP contribution in [0.25, 0.3) is 0 Å². The molecule has 3 nitrogen and oxygen atoms in total. The Morgan fingerprint density at radius 3 is 2.64 bits per heavy atom. The lowest BCUT2D eigenvalue weighted by molar-refractivity contribution is -0.139. The van der Waals surface area contributed by atoms with Gasteiger partial charge in [-0.05, 0) is 43.9 Å². The summed E-state index contributed by atoms with van der Waals surface area (Å²) in [4.78, 5) is 13.4. The van der Waals surface area contributed by atoms with Crippen LogP contribution in [-0.2, 0) is 4.79 Å². The van der Waals surface area contributed by atoms with Crippen molar-refractivity contribution in [2.24, 2.45) is 0 Å². The van der Waals surface area contributed by atoms with Gasteiger partial charge < -0.3 is 10.0 Å². The molecule has 22 heavy (non-hydrogen) atoms. The van der Waals surface area contributed by atoms with Crippen molar-refractivity contribution < 1.29 is 23.1 Å². The molecule has 122 valence electrons. The standard InChI is InChI=1S/C16H20F3NO2/c1-16(18,19)10-15(22)20-8-2-3-13(20)9-14(21)11-4-6-12(17)7-5-11/h4-7,13-14,21H,2-3,8-10H2,1H3/t13-,14+/m1/s1. The first-order valence-electron chi connectivity index (χ1n) is 7.37. The molecule has 1 aliphatic rings. The third kappa shape index (κ3) is 4.47. The van der Waals surface area contributed by atoms with Crippen LogP contribution in [0.3, 0.4) is 0 Å². The van der Waals surface area contributed by atoms with Crippen molar-refractivity contribution in [1.29, 1.82) is 0 Å². The van der Waals surface area contributed by atoms with Gasteiger partial charge in [-0.25, -0.2) is 13.2 Å². The van der Waals surface area contributed by atoms with Crippen molar-refractivity contribution in [2.75, 3.05) is 6.54 Å². The second kappa shape index (κ2) is 6.69. The predicted octanol–water partition coefficient (Wildman–Crippen LogP) is 3.29. The molecule has 1 amide bonds. The topological polar surface area (TPSA) is 40.5 Å². The summed E-state index contributed by atoms with van der Waals surface area (Å²) in [5, 5.41) is 10.2. The molecule has 0 aliphatic carbocycles. The highest BCUT2D eigenvalue weighted by Crippen LogP contribution is 2.29. The van der Waals surface area contributed by atoms with Crippen LogP contribution >= 0.6 is 0 Å². The van der Waals surface area contributed by atoms with Crippen LogP contribution in [0.1, 0.15) is 44.3 Å². The molecular weight excluding hydrogens is 295 g/mol. The fourth-order valence-corrected chi connectivity index (χ4v) is 2.85. The lowest BCUT2D eigenvalue weighted by atomic mass is 10.00. The van der Waals surface area contributed by atoms with E-state index in [2.05, 4.69) is 0 Å². The van der Waals surface area contributed by atoms with Gasteiger partial charge in [0.1, 0.15) is 5.82 Å². The van der Waals surface area contributed by atoms with E-state index in [1.165, 1.54) is 29.2 Å². The molecule has 2 atom stereocenters. The van der Waals surface area contributed by atoms with Crippen LogP contribution in [0.15, 0.2) is 24.3 Å². The van der Waals surface area contributed by atoms with Gasteiger partial charge in [-0.2, -0.15) is 0 Å². The van der Waals surface area contributed by atoms with E-state index >= 15 is 0 Å². The average molecular weight is 315 g/mol. The second-order valence-corrected chi connectivity index (χ2v) is 5.93. The molecule has 1 aliphatic heterocycles. The molecule has 0 spiro atoms. The SMILES string of the molecule is CC(F)(F)CC(=O)N1CCC[C@@H]1C[C@H](O)c1ccc(F)cc1. The van der Waals surface area contributed by atoms with Gasteiger partial charge in [-0.15, -0.1) is 0 Å². The number of hydrogen-bond acceptors (Lipinski definition) is 2. The van der Waals surface area contributed by atoms with Crippen molar-refractivity contribution in [2.45, 2.75) is 50.7 Å². The molecular formula is C16H20F3NO2. The molecule has 1 heterocycles. The molecule has 1 N–H and O–H groups in total. The van der Waals surface area contributed by atoms with Gasteiger partial charge in [-0.3, -0.25) is 4.79 Å². The lowest BCUT2D eigenvalue weighted by Gasteiger charge is -2.27. The summed E-state index contributed by atoms with van der Waals surface area (Å²) in [6.07, 6.45) is 0.0327. The summed E-state index contributed by atoms with van der Waals surface area (Å²) in [6.45, 7) is 1.17. The number of halogens is 3. The highest BCUT2D eigenvalue weighted by molar-refractivity contribution is 5.77. The molecule has 0 saturated carbocycles. The number of nitrogens with zero attached hydrogens (tertiary/aromatic N) is 1. The minimum absolute atomic E-state index is 0.255. The van der Waals surface area contributed by atoms with Gasteiger partial charge in [0.05, 0.1) is 12.5 Å².